The van der Waals surface area contributed by atoms with E-state index in [2.05, 4.69) is 10.0 Å². The van der Waals surface area contributed by atoms with Gasteiger partial charge in [0, 0.05) is 15.6 Å². The molecule has 1 aliphatic heterocycles. The highest BCUT2D eigenvalue weighted by Gasteiger charge is 2.37. The SMILES string of the molecule is Cc1cc(N=[N+]=[N-])ccc1N1C(=O)c2ccc(Cl)cc2C1=O. The molecular weight excluding hydrogens is 304 g/mol. The van der Waals surface area contributed by atoms with Crippen molar-refractivity contribution < 1.29 is 9.59 Å². The Morgan fingerprint density at radius 3 is 2.50 bits per heavy atom. The molecule has 0 saturated carbocycles. The predicted octanol–water partition coefficient (Wildman–Crippen LogP) is 4.39. The van der Waals surface area contributed by atoms with Gasteiger partial charge in [-0.05, 0) is 48.4 Å². The van der Waals surface area contributed by atoms with Crippen LogP contribution >= 0.6 is 11.6 Å². The summed E-state index contributed by atoms with van der Waals surface area (Å²) in [5.74, 6) is -0.807. The summed E-state index contributed by atoms with van der Waals surface area (Å²) in [7, 11) is 0. The quantitative estimate of drug-likeness (QED) is 0.356. The Morgan fingerprint density at radius 1 is 1.09 bits per heavy atom. The number of azide groups is 1. The lowest BCUT2D eigenvalue weighted by Crippen LogP contribution is -2.29. The number of benzene rings is 2. The highest BCUT2D eigenvalue weighted by molar-refractivity contribution is 6.36. The highest BCUT2D eigenvalue weighted by atomic mass is 35.5. The van der Waals surface area contributed by atoms with Crippen LogP contribution in [0.1, 0.15) is 26.3 Å². The molecule has 22 heavy (non-hydrogen) atoms. The minimum absolute atomic E-state index is 0.288. The van der Waals surface area contributed by atoms with Gasteiger partial charge in [0.25, 0.3) is 11.8 Å². The summed E-state index contributed by atoms with van der Waals surface area (Å²) in [6.45, 7) is 1.74. The lowest BCUT2D eigenvalue weighted by atomic mass is 10.1. The molecule has 2 aromatic carbocycles. The highest BCUT2D eigenvalue weighted by Crippen LogP contribution is 2.33. The molecule has 1 aliphatic rings. The van der Waals surface area contributed by atoms with E-state index < -0.39 is 11.8 Å². The predicted molar refractivity (Wildman–Crippen MR) is 82.6 cm³/mol. The van der Waals surface area contributed by atoms with Gasteiger partial charge in [-0.1, -0.05) is 22.8 Å². The molecular formula is C15H9ClN4O2. The standard InChI is InChI=1S/C15H9ClN4O2/c1-8-6-10(18-19-17)3-5-13(8)20-14(21)11-4-2-9(16)7-12(11)15(20)22/h2-7H,1H3. The number of fused-ring (bicyclic) bond motifs is 1. The minimum Gasteiger partial charge on any atom is -0.268 e. The molecule has 0 atom stereocenters. The fraction of sp³-hybridized carbons (Fsp3) is 0.0667. The van der Waals surface area contributed by atoms with Crippen LogP contribution in [-0.4, -0.2) is 11.8 Å². The lowest BCUT2D eigenvalue weighted by molar-refractivity contribution is 0.0926. The van der Waals surface area contributed by atoms with E-state index >= 15 is 0 Å². The molecule has 7 heteroatoms. The number of halogens is 1. The number of carbonyl (C=O) groups excluding carboxylic acids is 2. The number of imide groups is 1. The molecule has 0 spiro atoms. The molecule has 2 aromatic rings. The number of nitrogens with zero attached hydrogens (tertiary/aromatic N) is 4. The van der Waals surface area contributed by atoms with E-state index in [1.165, 1.54) is 6.07 Å². The van der Waals surface area contributed by atoms with Crippen molar-refractivity contribution in [3.8, 4) is 0 Å². The number of hydrogen-bond donors (Lipinski definition) is 0. The van der Waals surface area contributed by atoms with Crippen LogP contribution in [0.15, 0.2) is 41.5 Å². The minimum atomic E-state index is -0.415. The first kappa shape index (κ1) is 14.1. The number of anilines is 1. The molecule has 108 valence electrons. The van der Waals surface area contributed by atoms with Crippen molar-refractivity contribution in [2.45, 2.75) is 6.92 Å². The Bertz CT molecular complexity index is 872. The molecule has 2 amide bonds. The van der Waals surface area contributed by atoms with Crippen LogP contribution in [0.25, 0.3) is 10.4 Å². The van der Waals surface area contributed by atoms with Crippen LogP contribution in [0.5, 0.6) is 0 Å². The monoisotopic (exact) mass is 312 g/mol. The first-order valence-electron chi connectivity index (χ1n) is 6.37. The van der Waals surface area contributed by atoms with Crippen molar-refractivity contribution in [1.29, 1.82) is 0 Å². The van der Waals surface area contributed by atoms with Crippen LogP contribution in [0.3, 0.4) is 0 Å². The van der Waals surface area contributed by atoms with E-state index in [4.69, 9.17) is 17.1 Å². The van der Waals surface area contributed by atoms with Crippen LogP contribution < -0.4 is 4.90 Å². The van der Waals surface area contributed by atoms with Crippen molar-refractivity contribution in [1.82, 2.24) is 0 Å². The normalized spacial score (nSPS) is 13.1. The van der Waals surface area contributed by atoms with Gasteiger partial charge >= 0.3 is 0 Å². The van der Waals surface area contributed by atoms with Gasteiger partial charge in [0.2, 0.25) is 0 Å². The third kappa shape index (κ3) is 2.11. The van der Waals surface area contributed by atoms with Crippen molar-refractivity contribution in [3.05, 3.63) is 68.6 Å². The van der Waals surface area contributed by atoms with Crippen LogP contribution in [0, 0.1) is 6.92 Å². The fourth-order valence-electron chi connectivity index (χ4n) is 2.44. The second-order valence-corrected chi connectivity index (χ2v) is 5.23. The molecule has 0 bridgehead atoms. The lowest BCUT2D eigenvalue weighted by Gasteiger charge is -2.16. The first-order valence-corrected chi connectivity index (χ1v) is 6.75. The zero-order valence-corrected chi connectivity index (χ0v) is 12.2. The Labute approximate surface area is 130 Å². The summed E-state index contributed by atoms with van der Waals surface area (Å²) in [4.78, 5) is 28.8. The van der Waals surface area contributed by atoms with Crippen molar-refractivity contribution >= 4 is 34.8 Å². The molecule has 1 heterocycles. The summed E-state index contributed by atoms with van der Waals surface area (Å²) in [5, 5.41) is 3.90. The van der Waals surface area contributed by atoms with E-state index in [-0.39, 0.29) is 5.56 Å². The molecule has 0 radical (unpaired) electrons. The van der Waals surface area contributed by atoms with Gasteiger partial charge in [-0.25, -0.2) is 4.90 Å². The zero-order valence-electron chi connectivity index (χ0n) is 11.4. The number of aryl methyl sites for hydroxylation is 1. The fourth-order valence-corrected chi connectivity index (χ4v) is 2.61. The molecule has 0 unspecified atom stereocenters. The molecule has 0 fully saturated rings. The maximum atomic E-state index is 12.5. The third-order valence-electron chi connectivity index (χ3n) is 3.43. The molecule has 0 aliphatic carbocycles. The first-order chi connectivity index (χ1) is 10.5. The molecule has 3 rings (SSSR count). The number of carbonyl (C=O) groups is 2. The second-order valence-electron chi connectivity index (χ2n) is 4.80. The van der Waals surface area contributed by atoms with Gasteiger partial charge in [0.15, 0.2) is 0 Å². The number of hydrogen-bond acceptors (Lipinski definition) is 3. The van der Waals surface area contributed by atoms with Crippen molar-refractivity contribution in [2.75, 3.05) is 4.90 Å². The molecule has 0 aromatic heterocycles. The number of rotatable bonds is 2. The maximum Gasteiger partial charge on any atom is 0.266 e. The molecule has 6 nitrogen and oxygen atoms in total. The third-order valence-corrected chi connectivity index (χ3v) is 3.67. The van der Waals surface area contributed by atoms with E-state index in [0.717, 1.165) is 4.90 Å². The average molecular weight is 313 g/mol. The van der Waals surface area contributed by atoms with Crippen molar-refractivity contribution in [3.63, 3.8) is 0 Å². The van der Waals surface area contributed by atoms with Gasteiger partial charge in [0.05, 0.1) is 16.8 Å². The number of amides is 2. The summed E-state index contributed by atoms with van der Waals surface area (Å²) < 4.78 is 0. The summed E-state index contributed by atoms with van der Waals surface area (Å²) >= 11 is 5.89. The topological polar surface area (TPSA) is 86.1 Å². The van der Waals surface area contributed by atoms with Crippen LogP contribution in [0.4, 0.5) is 11.4 Å². The van der Waals surface area contributed by atoms with E-state index in [1.54, 1.807) is 37.3 Å². The average Bonchev–Trinajstić information content (AvgIpc) is 2.72. The van der Waals surface area contributed by atoms with Crippen LogP contribution in [0.2, 0.25) is 5.02 Å². The summed E-state index contributed by atoms with van der Waals surface area (Å²) in [5.41, 5.74) is 10.6. The van der Waals surface area contributed by atoms with Crippen molar-refractivity contribution in [2.24, 2.45) is 5.11 Å². The maximum absolute atomic E-state index is 12.5. The van der Waals surface area contributed by atoms with Gasteiger partial charge in [-0.15, -0.1) is 0 Å². The molecule has 0 saturated heterocycles. The van der Waals surface area contributed by atoms with Gasteiger partial charge in [-0.3, -0.25) is 9.59 Å². The summed E-state index contributed by atoms with van der Waals surface area (Å²) in [6, 6.07) is 9.36. The van der Waals surface area contributed by atoms with E-state index in [9.17, 15) is 9.59 Å². The van der Waals surface area contributed by atoms with Gasteiger partial charge in [-0.2, -0.15) is 0 Å². The Balaban J connectivity index is 2.09. The van der Waals surface area contributed by atoms with Crippen LogP contribution in [-0.2, 0) is 0 Å². The van der Waals surface area contributed by atoms with Gasteiger partial charge in [0.1, 0.15) is 0 Å². The van der Waals surface area contributed by atoms with Gasteiger partial charge < -0.3 is 0 Å². The van der Waals surface area contributed by atoms with E-state index in [1.807, 2.05) is 0 Å². The smallest absolute Gasteiger partial charge is 0.266 e. The summed E-state index contributed by atoms with van der Waals surface area (Å²) in [6.07, 6.45) is 0. The Morgan fingerprint density at radius 2 is 1.82 bits per heavy atom. The second kappa shape index (κ2) is 5.18. The Hall–Kier alpha value is -2.82. The Kier molecular flexibility index (Phi) is 3.33. The molecule has 0 N–H and O–H groups in total. The van der Waals surface area contributed by atoms with E-state index in [0.29, 0.717) is 27.5 Å². The zero-order chi connectivity index (χ0) is 15.9. The largest absolute Gasteiger partial charge is 0.268 e.